The van der Waals surface area contributed by atoms with Gasteiger partial charge in [-0.1, -0.05) is 30.3 Å². The van der Waals surface area contributed by atoms with Crippen molar-refractivity contribution in [3.05, 3.63) is 53.6 Å². The second-order valence-corrected chi connectivity index (χ2v) is 9.01. The van der Waals surface area contributed by atoms with Crippen LogP contribution in [0.15, 0.2) is 42.5 Å². The fourth-order valence-corrected chi connectivity index (χ4v) is 4.37. The van der Waals surface area contributed by atoms with Gasteiger partial charge in [0.15, 0.2) is 11.5 Å². The van der Waals surface area contributed by atoms with Crippen molar-refractivity contribution in [2.45, 2.75) is 45.9 Å². The molecular weight excluding hydrogens is 418 g/mol. The van der Waals surface area contributed by atoms with Gasteiger partial charge in [-0.3, -0.25) is 14.6 Å². The van der Waals surface area contributed by atoms with Crippen LogP contribution in [-0.4, -0.2) is 78.9 Å². The topological polar surface area (TPSA) is 74.3 Å². The summed E-state index contributed by atoms with van der Waals surface area (Å²) >= 11 is 0. The number of aliphatic hydroxyl groups excluding tert-OH is 1. The van der Waals surface area contributed by atoms with E-state index in [2.05, 4.69) is 29.0 Å². The molecule has 2 aromatic rings. The largest absolute Gasteiger partial charge is 0.493 e. The first-order valence-corrected chi connectivity index (χ1v) is 11.6. The van der Waals surface area contributed by atoms with Gasteiger partial charge in [0.05, 0.1) is 13.7 Å². The van der Waals surface area contributed by atoms with E-state index in [0.717, 1.165) is 29.9 Å². The van der Waals surface area contributed by atoms with Crippen LogP contribution in [0.4, 0.5) is 5.69 Å². The number of anilines is 1. The van der Waals surface area contributed by atoms with Crippen LogP contribution in [0, 0.1) is 13.8 Å². The Morgan fingerprint density at radius 1 is 1.03 bits per heavy atom. The van der Waals surface area contributed by atoms with Gasteiger partial charge in [-0.25, -0.2) is 0 Å². The maximum absolute atomic E-state index is 12.7. The van der Waals surface area contributed by atoms with E-state index in [1.807, 2.05) is 56.3 Å². The Kier molecular flexibility index (Phi) is 8.72. The molecule has 2 aromatic carbocycles. The summed E-state index contributed by atoms with van der Waals surface area (Å²) in [5, 5.41) is 13.7. The van der Waals surface area contributed by atoms with Crippen molar-refractivity contribution in [1.82, 2.24) is 9.80 Å². The van der Waals surface area contributed by atoms with Gasteiger partial charge in [0.25, 0.3) is 0 Å². The highest BCUT2D eigenvalue weighted by Crippen LogP contribution is 2.26. The van der Waals surface area contributed by atoms with Crippen LogP contribution in [0.3, 0.4) is 0 Å². The molecule has 0 bridgehead atoms. The van der Waals surface area contributed by atoms with E-state index >= 15 is 0 Å². The van der Waals surface area contributed by atoms with Crippen LogP contribution in [-0.2, 0) is 4.79 Å². The van der Waals surface area contributed by atoms with Crippen LogP contribution in [0.25, 0.3) is 0 Å². The van der Waals surface area contributed by atoms with Crippen molar-refractivity contribution in [1.29, 1.82) is 0 Å². The summed E-state index contributed by atoms with van der Waals surface area (Å²) in [6.07, 6.45) is -0.622. The molecule has 1 amide bonds. The second-order valence-electron chi connectivity index (χ2n) is 9.01. The maximum Gasteiger partial charge on any atom is 0.238 e. The predicted molar refractivity (Wildman–Crippen MR) is 131 cm³/mol. The standard InChI is InChI=1S/C26H37N3O4/c1-18-9-8-10-19(2)26(18)27-25(31)16-29-14-20(3)28(13-21(29)4)15-22(30)17-33-24-12-7-6-11-23(24)32-5/h6-12,20-22,30H,13-17H2,1-5H3,(H,27,31). The van der Waals surface area contributed by atoms with Gasteiger partial charge in [-0.2, -0.15) is 0 Å². The first kappa shape index (κ1) is 25.0. The summed E-state index contributed by atoms with van der Waals surface area (Å²) < 4.78 is 11.1. The first-order valence-electron chi connectivity index (χ1n) is 11.6. The Morgan fingerprint density at radius 2 is 1.64 bits per heavy atom. The van der Waals surface area contributed by atoms with E-state index in [0.29, 0.717) is 24.6 Å². The Bertz CT molecular complexity index is 915. The molecule has 7 nitrogen and oxygen atoms in total. The number of hydrogen-bond donors (Lipinski definition) is 2. The fraction of sp³-hybridized carbons (Fsp3) is 0.500. The minimum absolute atomic E-state index is 0.00476. The van der Waals surface area contributed by atoms with Crippen molar-refractivity contribution in [2.24, 2.45) is 0 Å². The zero-order valence-corrected chi connectivity index (χ0v) is 20.4. The quantitative estimate of drug-likeness (QED) is 0.605. The number of aryl methyl sites for hydroxylation is 2. The number of benzene rings is 2. The molecule has 0 aliphatic carbocycles. The molecule has 7 heteroatoms. The van der Waals surface area contributed by atoms with Gasteiger partial charge in [0.1, 0.15) is 12.7 Å². The Labute approximate surface area is 197 Å². The highest BCUT2D eigenvalue weighted by molar-refractivity contribution is 5.93. The molecular formula is C26H37N3O4. The van der Waals surface area contributed by atoms with E-state index in [1.54, 1.807) is 7.11 Å². The maximum atomic E-state index is 12.7. The number of methoxy groups -OCH3 is 1. The molecule has 180 valence electrons. The molecule has 2 N–H and O–H groups in total. The van der Waals surface area contributed by atoms with Gasteiger partial charge in [-0.15, -0.1) is 0 Å². The highest BCUT2D eigenvalue weighted by Gasteiger charge is 2.31. The Balaban J connectivity index is 1.49. The van der Waals surface area contributed by atoms with Crippen molar-refractivity contribution < 1.29 is 19.4 Å². The molecule has 0 radical (unpaired) electrons. The number of carbonyl (C=O) groups is 1. The normalized spacial score (nSPS) is 20.3. The number of piperazine rings is 1. The molecule has 0 aromatic heterocycles. The first-order chi connectivity index (χ1) is 15.8. The lowest BCUT2D eigenvalue weighted by Gasteiger charge is -2.44. The number of β-amino-alcohol motifs (C(OH)–C–C–N with tert-alkyl or cyclic N) is 1. The average Bonchev–Trinajstić information content (AvgIpc) is 2.78. The molecule has 3 atom stereocenters. The molecule has 1 saturated heterocycles. The van der Waals surface area contributed by atoms with E-state index in [4.69, 9.17) is 9.47 Å². The van der Waals surface area contributed by atoms with E-state index < -0.39 is 6.10 Å². The number of amides is 1. The molecule has 33 heavy (non-hydrogen) atoms. The number of nitrogens with one attached hydrogen (secondary N) is 1. The Morgan fingerprint density at radius 3 is 2.30 bits per heavy atom. The van der Waals surface area contributed by atoms with Gasteiger partial charge in [-0.05, 0) is 51.0 Å². The average molecular weight is 456 g/mol. The number of hydrogen-bond acceptors (Lipinski definition) is 6. The fourth-order valence-electron chi connectivity index (χ4n) is 4.37. The van der Waals surface area contributed by atoms with Crippen molar-refractivity contribution in [3.63, 3.8) is 0 Å². The lowest BCUT2D eigenvalue weighted by Crippen LogP contribution is -2.59. The third-order valence-corrected chi connectivity index (χ3v) is 6.28. The summed E-state index contributed by atoms with van der Waals surface area (Å²) in [6.45, 7) is 10.9. The highest BCUT2D eigenvalue weighted by atomic mass is 16.5. The molecule has 1 heterocycles. The summed E-state index contributed by atoms with van der Waals surface area (Å²) in [6, 6.07) is 13.9. The molecule has 3 unspecified atom stereocenters. The molecule has 0 spiro atoms. The minimum Gasteiger partial charge on any atom is -0.493 e. The Hall–Kier alpha value is -2.61. The van der Waals surface area contributed by atoms with Crippen LogP contribution in [0.2, 0.25) is 0 Å². The predicted octanol–water partition coefficient (Wildman–Crippen LogP) is 3.09. The number of rotatable bonds is 9. The van der Waals surface area contributed by atoms with Crippen molar-refractivity contribution in [2.75, 3.05) is 45.2 Å². The zero-order valence-electron chi connectivity index (χ0n) is 20.4. The van der Waals surface area contributed by atoms with Crippen LogP contribution in [0.5, 0.6) is 11.5 Å². The van der Waals surface area contributed by atoms with E-state index in [9.17, 15) is 9.90 Å². The van der Waals surface area contributed by atoms with E-state index in [-0.39, 0.29) is 24.6 Å². The number of carbonyl (C=O) groups excluding carboxylic acids is 1. The monoisotopic (exact) mass is 455 g/mol. The number of aliphatic hydroxyl groups is 1. The summed E-state index contributed by atoms with van der Waals surface area (Å²) in [4.78, 5) is 17.2. The number of ether oxygens (including phenoxy) is 2. The summed E-state index contributed by atoms with van der Waals surface area (Å²) in [5.74, 6) is 1.28. The third-order valence-electron chi connectivity index (χ3n) is 6.28. The van der Waals surface area contributed by atoms with Gasteiger partial charge in [0.2, 0.25) is 5.91 Å². The third kappa shape index (κ3) is 6.69. The van der Waals surface area contributed by atoms with Crippen molar-refractivity contribution in [3.8, 4) is 11.5 Å². The number of nitrogens with zero attached hydrogens (tertiary/aromatic N) is 2. The molecule has 1 fully saturated rings. The van der Waals surface area contributed by atoms with Gasteiger partial charge < -0.3 is 19.9 Å². The zero-order chi connectivity index (χ0) is 24.0. The summed E-state index contributed by atoms with van der Waals surface area (Å²) in [7, 11) is 1.60. The van der Waals surface area contributed by atoms with Crippen LogP contribution >= 0.6 is 0 Å². The molecule has 3 rings (SSSR count). The lowest BCUT2D eigenvalue weighted by molar-refractivity contribution is -0.119. The number of para-hydroxylation sites is 3. The van der Waals surface area contributed by atoms with Gasteiger partial charge >= 0.3 is 0 Å². The SMILES string of the molecule is COc1ccccc1OCC(O)CN1CC(C)N(CC(=O)Nc2c(C)cccc2C)CC1C. The van der Waals surface area contributed by atoms with E-state index in [1.165, 1.54) is 0 Å². The smallest absolute Gasteiger partial charge is 0.238 e. The second kappa shape index (κ2) is 11.5. The van der Waals surface area contributed by atoms with Crippen LogP contribution < -0.4 is 14.8 Å². The molecule has 1 aliphatic rings. The molecule has 0 saturated carbocycles. The minimum atomic E-state index is -0.622. The molecule has 1 aliphatic heterocycles. The summed E-state index contributed by atoms with van der Waals surface area (Å²) in [5.41, 5.74) is 3.04. The van der Waals surface area contributed by atoms with Crippen molar-refractivity contribution >= 4 is 11.6 Å². The lowest BCUT2D eigenvalue weighted by atomic mass is 10.1. The van der Waals surface area contributed by atoms with Gasteiger partial charge in [0, 0.05) is 37.4 Å². The van der Waals surface area contributed by atoms with Crippen LogP contribution in [0.1, 0.15) is 25.0 Å².